The monoisotopic (exact) mass is 291 g/mol. The number of nitrogens with one attached hydrogen (secondary N) is 1. The van der Waals surface area contributed by atoms with E-state index in [2.05, 4.69) is 10.2 Å². The van der Waals surface area contributed by atoms with Gasteiger partial charge in [-0.3, -0.25) is 14.7 Å². The van der Waals surface area contributed by atoms with Crippen LogP contribution in [0.15, 0.2) is 29.1 Å². The molecule has 0 spiro atoms. The number of benzene rings is 1. The maximum absolute atomic E-state index is 12.3. The molecule has 1 atom stereocenters. The number of rotatable bonds is 5. The molecule has 112 valence electrons. The first-order valence-corrected chi connectivity index (χ1v) is 6.44. The van der Waals surface area contributed by atoms with Crippen LogP contribution in [0.4, 0.5) is 0 Å². The van der Waals surface area contributed by atoms with Gasteiger partial charge >= 0.3 is 0 Å². The van der Waals surface area contributed by atoms with Crippen molar-refractivity contribution >= 4 is 16.8 Å². The highest BCUT2D eigenvalue weighted by Gasteiger charge is 2.20. The summed E-state index contributed by atoms with van der Waals surface area (Å²) < 4.78 is 4.80. The van der Waals surface area contributed by atoms with Crippen LogP contribution in [0.1, 0.15) is 10.5 Å². The van der Waals surface area contributed by atoms with Crippen molar-refractivity contribution in [2.24, 2.45) is 0 Å². The Morgan fingerprint density at radius 3 is 2.90 bits per heavy atom. The average Bonchev–Trinajstić information content (AvgIpc) is 2.47. The van der Waals surface area contributed by atoms with Crippen molar-refractivity contribution in [3.8, 4) is 0 Å². The molecule has 1 amide bonds. The first-order chi connectivity index (χ1) is 10.0. The maximum Gasteiger partial charge on any atom is 0.278 e. The zero-order chi connectivity index (χ0) is 15.4. The fourth-order valence-corrected chi connectivity index (χ4v) is 2.04. The number of amides is 1. The van der Waals surface area contributed by atoms with Crippen LogP contribution in [-0.2, 0) is 4.74 Å². The molecule has 2 N–H and O–H groups in total. The van der Waals surface area contributed by atoms with Gasteiger partial charge in [-0.2, -0.15) is 5.10 Å². The van der Waals surface area contributed by atoms with Crippen LogP contribution < -0.4 is 5.43 Å². The number of aromatic nitrogens is 2. The van der Waals surface area contributed by atoms with Crippen LogP contribution in [0.2, 0.25) is 0 Å². The Hall–Kier alpha value is -2.25. The molecule has 7 nitrogen and oxygen atoms in total. The normalized spacial score (nSPS) is 12.3. The Bertz CT molecular complexity index is 698. The first kappa shape index (κ1) is 15.1. The van der Waals surface area contributed by atoms with Crippen molar-refractivity contribution in [1.82, 2.24) is 15.1 Å². The van der Waals surface area contributed by atoms with Crippen molar-refractivity contribution in [3.63, 3.8) is 0 Å². The number of aromatic amines is 1. The van der Waals surface area contributed by atoms with Crippen LogP contribution in [0, 0.1) is 0 Å². The summed E-state index contributed by atoms with van der Waals surface area (Å²) in [5.41, 5.74) is -0.0515. The maximum atomic E-state index is 12.3. The van der Waals surface area contributed by atoms with Gasteiger partial charge in [-0.05, 0) is 12.1 Å². The van der Waals surface area contributed by atoms with Crippen molar-refractivity contribution in [3.05, 3.63) is 40.2 Å². The molecule has 0 saturated heterocycles. The van der Waals surface area contributed by atoms with E-state index in [1.54, 1.807) is 24.3 Å². The van der Waals surface area contributed by atoms with E-state index in [0.29, 0.717) is 10.9 Å². The van der Waals surface area contributed by atoms with Crippen molar-refractivity contribution in [1.29, 1.82) is 0 Å². The van der Waals surface area contributed by atoms with Crippen LogP contribution in [0.5, 0.6) is 0 Å². The number of ether oxygens (including phenoxy) is 1. The minimum Gasteiger partial charge on any atom is -0.389 e. The molecule has 0 unspecified atom stereocenters. The van der Waals surface area contributed by atoms with E-state index in [-0.39, 0.29) is 18.8 Å². The average molecular weight is 291 g/mol. The summed E-state index contributed by atoms with van der Waals surface area (Å²) in [4.78, 5) is 25.8. The van der Waals surface area contributed by atoms with Gasteiger partial charge < -0.3 is 14.7 Å². The lowest BCUT2D eigenvalue weighted by atomic mass is 10.2. The van der Waals surface area contributed by atoms with Crippen LogP contribution in [0.25, 0.3) is 10.9 Å². The summed E-state index contributed by atoms with van der Waals surface area (Å²) in [6, 6.07) is 6.84. The number of hydrogen-bond acceptors (Lipinski definition) is 5. The lowest BCUT2D eigenvalue weighted by Crippen LogP contribution is -2.38. The van der Waals surface area contributed by atoms with E-state index in [4.69, 9.17) is 4.74 Å². The molecule has 21 heavy (non-hydrogen) atoms. The fraction of sp³-hybridized carbons (Fsp3) is 0.357. The standard InChI is InChI=1S/C14H17N3O4/c1-17(7-9(18)8-21-2)14(20)12-13(19)10-5-3-4-6-11(10)15-16-12/h3-6,9,18H,7-8H2,1-2H3,(H,15,19)/t9-/m0/s1. The summed E-state index contributed by atoms with van der Waals surface area (Å²) in [6.07, 6.45) is -0.816. The topological polar surface area (TPSA) is 95.5 Å². The number of fused-ring (bicyclic) bond motifs is 1. The molecule has 0 aliphatic heterocycles. The van der Waals surface area contributed by atoms with Gasteiger partial charge in [0, 0.05) is 26.1 Å². The Morgan fingerprint density at radius 1 is 1.48 bits per heavy atom. The highest BCUT2D eigenvalue weighted by atomic mass is 16.5. The number of aliphatic hydroxyl groups is 1. The second-order valence-electron chi connectivity index (χ2n) is 4.74. The van der Waals surface area contributed by atoms with Gasteiger partial charge in [-0.15, -0.1) is 0 Å². The highest BCUT2D eigenvalue weighted by Crippen LogP contribution is 2.06. The molecule has 1 heterocycles. The largest absolute Gasteiger partial charge is 0.389 e. The highest BCUT2D eigenvalue weighted by molar-refractivity contribution is 5.95. The lowest BCUT2D eigenvalue weighted by molar-refractivity contribution is 0.0377. The Labute approximate surface area is 121 Å². The number of carbonyl (C=O) groups excluding carboxylic acids is 1. The third-order valence-corrected chi connectivity index (χ3v) is 3.07. The number of carbonyl (C=O) groups is 1. The predicted molar refractivity (Wildman–Crippen MR) is 77.2 cm³/mol. The van der Waals surface area contributed by atoms with E-state index in [0.717, 1.165) is 0 Å². The van der Waals surface area contributed by atoms with E-state index in [1.165, 1.54) is 19.1 Å². The smallest absolute Gasteiger partial charge is 0.278 e. The second-order valence-corrected chi connectivity index (χ2v) is 4.74. The molecule has 7 heteroatoms. The van der Waals surface area contributed by atoms with Gasteiger partial charge in [0.2, 0.25) is 5.43 Å². The third kappa shape index (κ3) is 3.26. The van der Waals surface area contributed by atoms with E-state index >= 15 is 0 Å². The number of likely N-dealkylation sites (N-methyl/N-ethyl adjacent to an activating group) is 1. The minimum atomic E-state index is -0.816. The van der Waals surface area contributed by atoms with Gasteiger partial charge in [-0.1, -0.05) is 12.1 Å². The van der Waals surface area contributed by atoms with Crippen molar-refractivity contribution in [2.45, 2.75) is 6.10 Å². The quantitative estimate of drug-likeness (QED) is 0.808. The SMILES string of the molecule is COC[C@@H](O)CN(C)C(=O)c1n[nH]c2ccccc2c1=O. The number of methoxy groups -OCH3 is 1. The number of H-pyrrole nitrogens is 1. The minimum absolute atomic E-state index is 0.0562. The summed E-state index contributed by atoms with van der Waals surface area (Å²) in [6.45, 7) is 0.166. The van der Waals surface area contributed by atoms with Crippen molar-refractivity contribution in [2.75, 3.05) is 27.3 Å². The Balaban J connectivity index is 2.27. The molecule has 2 rings (SSSR count). The van der Waals surface area contributed by atoms with Crippen LogP contribution >= 0.6 is 0 Å². The molecular formula is C14H17N3O4. The van der Waals surface area contributed by atoms with E-state index in [9.17, 15) is 14.7 Å². The van der Waals surface area contributed by atoms with Gasteiger partial charge in [0.15, 0.2) is 5.69 Å². The number of hydrogen-bond donors (Lipinski definition) is 2. The number of nitrogens with zero attached hydrogens (tertiary/aromatic N) is 2. The fourth-order valence-electron chi connectivity index (χ4n) is 2.04. The first-order valence-electron chi connectivity index (χ1n) is 6.44. The van der Waals surface area contributed by atoms with Crippen LogP contribution in [-0.4, -0.2) is 59.5 Å². The van der Waals surface area contributed by atoms with E-state index < -0.39 is 17.4 Å². The molecular weight excluding hydrogens is 274 g/mol. The number of para-hydroxylation sites is 1. The molecule has 0 aliphatic carbocycles. The lowest BCUT2D eigenvalue weighted by Gasteiger charge is -2.19. The molecule has 2 aromatic rings. The summed E-state index contributed by atoms with van der Waals surface area (Å²) >= 11 is 0. The summed E-state index contributed by atoms with van der Waals surface area (Å²) in [5.74, 6) is -0.544. The zero-order valence-corrected chi connectivity index (χ0v) is 11.9. The molecule has 0 saturated carbocycles. The third-order valence-electron chi connectivity index (χ3n) is 3.07. The van der Waals surface area contributed by atoms with Gasteiger partial charge in [0.25, 0.3) is 5.91 Å². The molecule has 0 aliphatic rings. The van der Waals surface area contributed by atoms with Gasteiger partial charge in [0.1, 0.15) is 0 Å². The zero-order valence-electron chi connectivity index (χ0n) is 11.9. The Morgan fingerprint density at radius 2 is 2.19 bits per heavy atom. The van der Waals surface area contributed by atoms with Crippen molar-refractivity contribution < 1.29 is 14.6 Å². The van der Waals surface area contributed by atoms with Gasteiger partial charge in [0.05, 0.1) is 18.2 Å². The van der Waals surface area contributed by atoms with Gasteiger partial charge in [-0.25, -0.2) is 0 Å². The molecule has 1 aromatic heterocycles. The predicted octanol–water partition coefficient (Wildman–Crippen LogP) is 0.00240. The summed E-state index contributed by atoms with van der Waals surface area (Å²) in [7, 11) is 2.96. The molecule has 0 fully saturated rings. The molecule has 0 bridgehead atoms. The molecule has 0 radical (unpaired) electrons. The Kier molecular flexibility index (Phi) is 4.66. The van der Waals surface area contributed by atoms with Crippen LogP contribution in [0.3, 0.4) is 0 Å². The number of aliphatic hydroxyl groups excluding tert-OH is 1. The molecule has 1 aromatic carbocycles. The van der Waals surface area contributed by atoms with E-state index in [1.807, 2.05) is 0 Å². The summed E-state index contributed by atoms with van der Waals surface area (Å²) in [5, 5.41) is 16.6. The second kappa shape index (κ2) is 6.47.